The van der Waals surface area contributed by atoms with Crippen molar-refractivity contribution in [1.29, 1.82) is 0 Å². The molecular weight excluding hydrogens is 525 g/mol. The summed E-state index contributed by atoms with van der Waals surface area (Å²) in [4.78, 5) is 32.6. The number of rotatable bonds is 6. The van der Waals surface area contributed by atoms with Crippen molar-refractivity contribution in [2.75, 3.05) is 7.05 Å². The predicted octanol–water partition coefficient (Wildman–Crippen LogP) is 5.27. The van der Waals surface area contributed by atoms with Crippen LogP contribution in [0.25, 0.3) is 11.1 Å². The lowest BCUT2D eigenvalue weighted by Gasteiger charge is -2.27. The van der Waals surface area contributed by atoms with Gasteiger partial charge in [-0.05, 0) is 56.0 Å². The normalized spacial score (nSPS) is 17.7. The molecule has 0 saturated heterocycles. The summed E-state index contributed by atoms with van der Waals surface area (Å²) in [6.45, 7) is 0.0229. The molecule has 6 nitrogen and oxygen atoms in total. The van der Waals surface area contributed by atoms with Crippen LogP contribution in [-0.2, 0) is 16.1 Å². The predicted molar refractivity (Wildman–Crippen MR) is 123 cm³/mol. The Hall–Kier alpha value is -3.48. The Bertz CT molecular complexity index is 1120. The third-order valence-electron chi connectivity index (χ3n) is 5.99. The molecule has 0 spiro atoms. The zero-order valence-corrected chi connectivity index (χ0v) is 20.0. The summed E-state index contributed by atoms with van der Waals surface area (Å²) >= 11 is 0. The molecule has 0 heterocycles. The monoisotopic (exact) mass is 550 g/mol. The lowest BCUT2D eigenvalue weighted by atomic mass is 9.85. The highest BCUT2D eigenvalue weighted by molar-refractivity contribution is 6.00. The minimum Gasteiger partial charge on any atom is -0.475 e. The molecule has 3 N–H and O–H groups in total. The molecule has 1 aliphatic carbocycles. The number of Topliss-reactive ketones (excluding diaryl/α,β-unsaturated/α-hetero) is 1. The highest BCUT2D eigenvalue weighted by Crippen LogP contribution is 2.27. The number of carboxylic acids is 1. The molecule has 2 aromatic rings. The van der Waals surface area contributed by atoms with Crippen LogP contribution in [0.5, 0.6) is 0 Å². The molecule has 1 aliphatic rings. The van der Waals surface area contributed by atoms with Crippen LogP contribution < -0.4 is 10.6 Å². The molecule has 0 aromatic heterocycles. The minimum atomic E-state index is -5.08. The molecule has 0 radical (unpaired) electrons. The molecule has 1 fully saturated rings. The summed E-state index contributed by atoms with van der Waals surface area (Å²) in [5.74, 6) is -5.34. The highest BCUT2D eigenvalue weighted by Gasteiger charge is 2.39. The van der Waals surface area contributed by atoms with Gasteiger partial charge in [-0.1, -0.05) is 30.3 Å². The van der Waals surface area contributed by atoms with Gasteiger partial charge in [-0.25, -0.2) is 9.18 Å². The van der Waals surface area contributed by atoms with Crippen molar-refractivity contribution in [2.45, 2.75) is 50.6 Å². The maximum absolute atomic E-state index is 14.2. The highest BCUT2D eigenvalue weighted by atomic mass is 19.4. The van der Waals surface area contributed by atoms with E-state index in [0.717, 1.165) is 37.8 Å². The van der Waals surface area contributed by atoms with Crippen LogP contribution in [0.3, 0.4) is 0 Å². The van der Waals surface area contributed by atoms with Crippen LogP contribution in [-0.4, -0.2) is 48.2 Å². The van der Waals surface area contributed by atoms with E-state index in [2.05, 4.69) is 10.6 Å². The smallest absolute Gasteiger partial charge is 0.475 e. The van der Waals surface area contributed by atoms with Crippen molar-refractivity contribution in [1.82, 2.24) is 10.6 Å². The Morgan fingerprint density at radius 1 is 0.868 bits per heavy atom. The quantitative estimate of drug-likeness (QED) is 0.337. The van der Waals surface area contributed by atoms with Gasteiger partial charge < -0.3 is 15.7 Å². The number of aliphatic carboxylic acids is 1. The molecule has 0 bridgehead atoms. The molecule has 38 heavy (non-hydrogen) atoms. The Kier molecular flexibility index (Phi) is 10.4. The summed E-state index contributed by atoms with van der Waals surface area (Å²) in [5.41, 5.74) is 0.937. The van der Waals surface area contributed by atoms with Gasteiger partial charge in [0.2, 0.25) is 5.91 Å². The van der Waals surface area contributed by atoms with Gasteiger partial charge in [-0.2, -0.15) is 26.3 Å². The third-order valence-corrected chi connectivity index (χ3v) is 5.99. The number of carboxylic acid groups (broad SMARTS) is 1. The van der Waals surface area contributed by atoms with Crippen LogP contribution in [0.2, 0.25) is 0 Å². The van der Waals surface area contributed by atoms with Crippen molar-refractivity contribution >= 4 is 17.7 Å². The molecule has 3 rings (SSSR count). The van der Waals surface area contributed by atoms with Crippen molar-refractivity contribution in [3.8, 4) is 11.1 Å². The van der Waals surface area contributed by atoms with E-state index in [1.165, 1.54) is 24.3 Å². The number of halogens is 7. The number of ketones is 1. The summed E-state index contributed by atoms with van der Waals surface area (Å²) < 4.78 is 83.6. The lowest BCUT2D eigenvalue weighted by molar-refractivity contribution is -0.192. The van der Waals surface area contributed by atoms with Crippen LogP contribution in [0.15, 0.2) is 42.5 Å². The fourth-order valence-corrected chi connectivity index (χ4v) is 3.84. The Morgan fingerprint density at radius 3 is 1.87 bits per heavy atom. The van der Waals surface area contributed by atoms with Crippen LogP contribution in [0.4, 0.5) is 30.7 Å². The van der Waals surface area contributed by atoms with E-state index in [9.17, 15) is 40.3 Å². The number of nitrogens with one attached hydrogen (secondary N) is 2. The zero-order chi connectivity index (χ0) is 28.7. The first kappa shape index (κ1) is 30.7. The van der Waals surface area contributed by atoms with E-state index in [4.69, 9.17) is 9.90 Å². The summed E-state index contributed by atoms with van der Waals surface area (Å²) in [5, 5.41) is 13.1. The molecule has 0 aliphatic heterocycles. The topological polar surface area (TPSA) is 95.5 Å². The first-order valence-electron chi connectivity index (χ1n) is 11.4. The van der Waals surface area contributed by atoms with E-state index < -0.39 is 35.5 Å². The Balaban J connectivity index is 0.000000638. The number of amides is 1. The van der Waals surface area contributed by atoms with Crippen molar-refractivity contribution < 1.29 is 50.2 Å². The lowest BCUT2D eigenvalue weighted by Crippen LogP contribution is -2.37. The van der Waals surface area contributed by atoms with Crippen LogP contribution in [0.1, 0.15) is 41.6 Å². The summed E-state index contributed by atoms with van der Waals surface area (Å²) in [6, 6.07) is 9.69. The summed E-state index contributed by atoms with van der Waals surface area (Å²) in [7, 11) is 1.91. The number of alkyl halides is 6. The average Bonchev–Trinajstić information content (AvgIpc) is 2.87. The third kappa shape index (κ3) is 8.82. The molecular formula is C25H25F7N2O4. The van der Waals surface area contributed by atoms with Gasteiger partial charge in [-0.3, -0.25) is 9.59 Å². The maximum atomic E-state index is 14.2. The second-order valence-electron chi connectivity index (χ2n) is 8.57. The Morgan fingerprint density at radius 2 is 1.39 bits per heavy atom. The fourth-order valence-electron chi connectivity index (χ4n) is 3.84. The van der Waals surface area contributed by atoms with Gasteiger partial charge in [0, 0.05) is 29.6 Å². The number of carbonyl (C=O) groups excluding carboxylic acids is 2. The molecule has 208 valence electrons. The number of benzene rings is 2. The van der Waals surface area contributed by atoms with E-state index in [1.54, 1.807) is 6.07 Å². The van der Waals surface area contributed by atoms with Crippen molar-refractivity contribution in [2.24, 2.45) is 5.92 Å². The Labute approximate surface area is 213 Å². The van der Waals surface area contributed by atoms with Crippen molar-refractivity contribution in [3.05, 3.63) is 59.4 Å². The van der Waals surface area contributed by atoms with Gasteiger partial charge >= 0.3 is 18.3 Å². The number of hydrogen-bond donors (Lipinski definition) is 3. The second-order valence-corrected chi connectivity index (χ2v) is 8.57. The zero-order valence-electron chi connectivity index (χ0n) is 20.0. The van der Waals surface area contributed by atoms with Gasteiger partial charge in [0.1, 0.15) is 5.82 Å². The minimum absolute atomic E-state index is 0.0229. The first-order valence-corrected chi connectivity index (χ1v) is 11.4. The summed E-state index contributed by atoms with van der Waals surface area (Å²) in [6.07, 6.45) is -6.61. The van der Waals surface area contributed by atoms with Crippen LogP contribution >= 0.6 is 0 Å². The van der Waals surface area contributed by atoms with Gasteiger partial charge in [0.15, 0.2) is 0 Å². The molecule has 1 saturated carbocycles. The van der Waals surface area contributed by atoms with E-state index in [-0.39, 0.29) is 23.9 Å². The van der Waals surface area contributed by atoms with Crippen molar-refractivity contribution in [3.63, 3.8) is 0 Å². The van der Waals surface area contributed by atoms with E-state index >= 15 is 0 Å². The first-order chi connectivity index (χ1) is 17.6. The van der Waals surface area contributed by atoms with E-state index in [1.807, 2.05) is 7.05 Å². The van der Waals surface area contributed by atoms with Gasteiger partial charge in [0.05, 0.1) is 0 Å². The largest absolute Gasteiger partial charge is 0.490 e. The number of hydrogen-bond acceptors (Lipinski definition) is 4. The maximum Gasteiger partial charge on any atom is 0.490 e. The van der Waals surface area contributed by atoms with Gasteiger partial charge in [0.25, 0.3) is 5.78 Å². The fraction of sp³-hybridized carbons (Fsp3) is 0.400. The van der Waals surface area contributed by atoms with E-state index in [0.29, 0.717) is 17.2 Å². The second kappa shape index (κ2) is 12.9. The molecule has 2 aromatic carbocycles. The molecule has 0 unspecified atom stereocenters. The van der Waals surface area contributed by atoms with Crippen LogP contribution in [0, 0.1) is 11.7 Å². The standard InChI is InChI=1S/C23H24F4N2O2.C2HF3O2/c1-28-19-9-6-16(7-10-19)22(31)29-13-18-12-17(8-11-20(18)24)14-2-4-15(5-3-14)21(30)23(25,26)27;3-2(4,5)1(6)7/h2-5,8,11-12,16,19,28H,6-7,9-10,13H2,1H3,(H,29,31);(H,6,7). The number of carbonyl (C=O) groups is 3. The van der Waals surface area contributed by atoms with Gasteiger partial charge in [-0.15, -0.1) is 0 Å². The average molecular weight is 550 g/mol. The SMILES string of the molecule is CNC1CCC(C(=O)NCc2cc(-c3ccc(C(=O)C(F)(F)F)cc3)ccc2F)CC1.O=C(O)C(F)(F)F. The molecule has 1 amide bonds. The molecule has 13 heteroatoms. The molecule has 0 atom stereocenters.